The van der Waals surface area contributed by atoms with Gasteiger partial charge in [0.2, 0.25) is 5.91 Å². The zero-order valence-electron chi connectivity index (χ0n) is 14.5. The van der Waals surface area contributed by atoms with Crippen molar-refractivity contribution in [2.24, 2.45) is 11.1 Å². The number of carbonyl (C=O) groups excluding carboxylic acids is 1. The quantitative estimate of drug-likeness (QED) is 0.883. The second kappa shape index (κ2) is 9.29. The van der Waals surface area contributed by atoms with Crippen molar-refractivity contribution in [3.05, 3.63) is 35.9 Å². The fourth-order valence-electron chi connectivity index (χ4n) is 3.62. The van der Waals surface area contributed by atoms with E-state index in [0.717, 1.165) is 38.8 Å². The summed E-state index contributed by atoms with van der Waals surface area (Å²) in [5.74, 6) is 0.850. The number of hydrogen-bond acceptors (Lipinski definition) is 2. The average molecular weight is 339 g/mol. The fourth-order valence-corrected chi connectivity index (χ4v) is 3.62. The molecule has 4 heteroatoms. The number of nitrogens with zero attached hydrogens (tertiary/aromatic N) is 1. The molecule has 1 amide bonds. The Labute approximate surface area is 147 Å². The lowest BCUT2D eigenvalue weighted by atomic mass is 9.81. The Kier molecular flexibility index (Phi) is 8.07. The number of rotatable bonds is 5. The number of hydrogen-bond donors (Lipinski definition) is 1. The lowest BCUT2D eigenvalue weighted by Crippen LogP contribution is -2.48. The van der Waals surface area contributed by atoms with Crippen molar-refractivity contribution in [2.45, 2.75) is 51.9 Å². The Bertz CT molecular complexity index is 465. The van der Waals surface area contributed by atoms with E-state index in [1.54, 1.807) is 0 Å². The van der Waals surface area contributed by atoms with Crippen molar-refractivity contribution in [2.75, 3.05) is 19.6 Å². The molecule has 1 aromatic carbocycles. The van der Waals surface area contributed by atoms with Gasteiger partial charge in [0.15, 0.2) is 0 Å². The molecule has 2 rings (SSSR count). The number of halogens is 1. The second-order valence-electron chi connectivity index (χ2n) is 6.52. The van der Waals surface area contributed by atoms with Crippen molar-refractivity contribution >= 4 is 18.3 Å². The van der Waals surface area contributed by atoms with Crippen molar-refractivity contribution in [3.63, 3.8) is 0 Å². The summed E-state index contributed by atoms with van der Waals surface area (Å²) in [7, 11) is 0. The molecule has 1 unspecified atom stereocenters. The summed E-state index contributed by atoms with van der Waals surface area (Å²) in [6.45, 7) is 6.36. The Balaban J connectivity index is 0.00000264. The first-order chi connectivity index (χ1) is 10.7. The summed E-state index contributed by atoms with van der Waals surface area (Å²) in [6.07, 6.45) is 4.97. The first-order valence-electron chi connectivity index (χ1n) is 8.71. The summed E-state index contributed by atoms with van der Waals surface area (Å²) in [4.78, 5) is 15.0. The Hall–Kier alpha value is -1.06. The highest BCUT2D eigenvalue weighted by Crippen LogP contribution is 2.32. The van der Waals surface area contributed by atoms with Crippen LogP contribution in [0.4, 0.5) is 0 Å². The number of amides is 1. The molecule has 1 aliphatic heterocycles. The van der Waals surface area contributed by atoms with Crippen molar-refractivity contribution in [1.82, 2.24) is 4.90 Å². The molecule has 1 heterocycles. The van der Waals surface area contributed by atoms with E-state index in [9.17, 15) is 4.79 Å². The molecule has 0 aromatic heterocycles. The van der Waals surface area contributed by atoms with E-state index in [0.29, 0.717) is 12.5 Å². The van der Waals surface area contributed by atoms with Gasteiger partial charge in [-0.05, 0) is 43.6 Å². The van der Waals surface area contributed by atoms with Crippen LogP contribution in [0.5, 0.6) is 0 Å². The maximum atomic E-state index is 13.0. The monoisotopic (exact) mass is 338 g/mol. The Morgan fingerprint density at radius 1 is 1.17 bits per heavy atom. The van der Waals surface area contributed by atoms with Gasteiger partial charge in [0.1, 0.15) is 0 Å². The highest BCUT2D eigenvalue weighted by atomic mass is 35.5. The second-order valence-corrected chi connectivity index (χ2v) is 6.52. The minimum atomic E-state index is -0.355. The third-order valence-corrected chi connectivity index (χ3v) is 5.48. The van der Waals surface area contributed by atoms with Gasteiger partial charge in [-0.25, -0.2) is 0 Å². The molecule has 1 aliphatic rings. The summed E-state index contributed by atoms with van der Waals surface area (Å²) >= 11 is 0. The zero-order valence-corrected chi connectivity index (χ0v) is 15.3. The summed E-state index contributed by atoms with van der Waals surface area (Å²) in [5, 5.41) is 0. The largest absolute Gasteiger partial charge is 0.342 e. The fraction of sp³-hybridized carbons (Fsp3) is 0.632. The predicted molar refractivity (Wildman–Crippen MR) is 98.9 cm³/mol. The van der Waals surface area contributed by atoms with E-state index in [2.05, 4.69) is 49.1 Å². The van der Waals surface area contributed by atoms with E-state index >= 15 is 0 Å². The molecule has 0 spiro atoms. The molecule has 0 radical (unpaired) electrons. The minimum Gasteiger partial charge on any atom is -0.342 e. The van der Waals surface area contributed by atoms with Gasteiger partial charge in [0, 0.05) is 19.6 Å². The lowest BCUT2D eigenvalue weighted by molar-refractivity contribution is -0.142. The van der Waals surface area contributed by atoms with Crippen LogP contribution in [0.15, 0.2) is 30.3 Å². The van der Waals surface area contributed by atoms with Crippen LogP contribution in [0.2, 0.25) is 0 Å². The molecular weight excluding hydrogens is 308 g/mol. The average Bonchev–Trinajstić information content (AvgIpc) is 2.83. The summed E-state index contributed by atoms with van der Waals surface area (Å²) in [6, 6.07) is 10.7. The van der Waals surface area contributed by atoms with Crippen molar-refractivity contribution < 1.29 is 4.79 Å². The van der Waals surface area contributed by atoms with Gasteiger partial charge in [0.05, 0.1) is 5.41 Å². The minimum absolute atomic E-state index is 0. The number of carbonyl (C=O) groups is 1. The van der Waals surface area contributed by atoms with Gasteiger partial charge in [-0.3, -0.25) is 4.79 Å². The molecule has 130 valence electrons. The molecule has 2 N–H and O–H groups in total. The van der Waals surface area contributed by atoms with E-state index in [4.69, 9.17) is 5.73 Å². The molecular formula is C19H31ClN2O. The zero-order chi connectivity index (χ0) is 16.0. The number of benzene rings is 1. The third-order valence-electron chi connectivity index (χ3n) is 5.48. The highest BCUT2D eigenvalue weighted by Gasteiger charge is 2.37. The van der Waals surface area contributed by atoms with Crippen LogP contribution >= 0.6 is 12.4 Å². The van der Waals surface area contributed by atoms with Gasteiger partial charge in [-0.15, -0.1) is 12.4 Å². The van der Waals surface area contributed by atoms with Crippen LogP contribution in [-0.4, -0.2) is 30.4 Å². The SMILES string of the molecule is CCC(CC)(CN)C(=O)N1CCCC(c2ccccc2)CC1.Cl. The van der Waals surface area contributed by atoms with Gasteiger partial charge in [-0.1, -0.05) is 44.2 Å². The third kappa shape index (κ3) is 4.48. The smallest absolute Gasteiger partial charge is 0.230 e. The van der Waals surface area contributed by atoms with Gasteiger partial charge in [-0.2, -0.15) is 0 Å². The highest BCUT2D eigenvalue weighted by molar-refractivity contribution is 5.85. The molecule has 0 saturated carbocycles. The molecule has 0 aliphatic carbocycles. The van der Waals surface area contributed by atoms with E-state index in [-0.39, 0.29) is 23.7 Å². The normalized spacial score (nSPS) is 18.9. The molecule has 0 bridgehead atoms. The van der Waals surface area contributed by atoms with Crippen LogP contribution in [0.25, 0.3) is 0 Å². The Morgan fingerprint density at radius 3 is 2.39 bits per heavy atom. The molecule has 23 heavy (non-hydrogen) atoms. The van der Waals surface area contributed by atoms with Crippen LogP contribution < -0.4 is 5.73 Å². The topological polar surface area (TPSA) is 46.3 Å². The van der Waals surface area contributed by atoms with Crippen LogP contribution in [-0.2, 0) is 4.79 Å². The molecule has 3 nitrogen and oxygen atoms in total. The van der Waals surface area contributed by atoms with Crippen molar-refractivity contribution in [3.8, 4) is 0 Å². The molecule has 1 saturated heterocycles. The summed E-state index contributed by atoms with van der Waals surface area (Å²) < 4.78 is 0. The first kappa shape index (κ1) is 20.0. The van der Waals surface area contributed by atoms with Crippen LogP contribution in [0.1, 0.15) is 57.4 Å². The van der Waals surface area contributed by atoms with Crippen LogP contribution in [0, 0.1) is 5.41 Å². The first-order valence-corrected chi connectivity index (χ1v) is 8.71. The van der Waals surface area contributed by atoms with E-state index in [1.165, 1.54) is 12.0 Å². The van der Waals surface area contributed by atoms with Gasteiger partial charge < -0.3 is 10.6 Å². The standard InChI is InChI=1S/C19H30N2O.ClH/c1-3-19(4-2,15-20)18(22)21-13-8-11-17(12-14-21)16-9-6-5-7-10-16;/h5-7,9-10,17H,3-4,8,11-15,20H2,1-2H3;1H. The Morgan fingerprint density at radius 2 is 1.83 bits per heavy atom. The molecule has 1 aromatic rings. The van der Waals surface area contributed by atoms with Gasteiger partial charge >= 0.3 is 0 Å². The number of nitrogens with two attached hydrogens (primary N) is 1. The van der Waals surface area contributed by atoms with E-state index < -0.39 is 0 Å². The maximum absolute atomic E-state index is 13.0. The maximum Gasteiger partial charge on any atom is 0.230 e. The van der Waals surface area contributed by atoms with E-state index in [1.807, 2.05) is 0 Å². The molecule has 1 atom stereocenters. The van der Waals surface area contributed by atoms with Crippen LogP contribution in [0.3, 0.4) is 0 Å². The predicted octanol–water partition coefficient (Wildman–Crippen LogP) is 3.97. The molecule has 1 fully saturated rings. The van der Waals surface area contributed by atoms with Gasteiger partial charge in [0.25, 0.3) is 0 Å². The van der Waals surface area contributed by atoms with Crippen molar-refractivity contribution in [1.29, 1.82) is 0 Å². The lowest BCUT2D eigenvalue weighted by Gasteiger charge is -2.34. The number of likely N-dealkylation sites (tertiary alicyclic amines) is 1. The summed E-state index contributed by atoms with van der Waals surface area (Å²) in [5.41, 5.74) is 7.00.